The molecule has 18 heavy (non-hydrogen) atoms. The van der Waals surface area contributed by atoms with Crippen LogP contribution in [0.1, 0.15) is 15.4 Å². The standard InChI is InChI=1S/C12H10BrNO3S/c1-6-10(12(15)16)14-11(18-6)8-5-7(13)3-4-9(8)17-2/h3-5H,1-2H3,(H,15,16). The largest absolute Gasteiger partial charge is 0.496 e. The molecule has 0 saturated heterocycles. The van der Waals surface area contributed by atoms with Gasteiger partial charge in [0.25, 0.3) is 0 Å². The highest BCUT2D eigenvalue weighted by molar-refractivity contribution is 9.10. The highest BCUT2D eigenvalue weighted by Crippen LogP contribution is 2.36. The van der Waals surface area contributed by atoms with Crippen LogP contribution in [0.25, 0.3) is 10.6 Å². The Morgan fingerprint density at radius 3 is 2.78 bits per heavy atom. The van der Waals surface area contributed by atoms with Crippen LogP contribution in [0.2, 0.25) is 0 Å². The Bertz CT molecular complexity index is 609. The van der Waals surface area contributed by atoms with E-state index in [0.29, 0.717) is 15.6 Å². The van der Waals surface area contributed by atoms with E-state index in [1.54, 1.807) is 14.0 Å². The van der Waals surface area contributed by atoms with Crippen LogP contribution in [-0.2, 0) is 0 Å². The van der Waals surface area contributed by atoms with Crippen molar-refractivity contribution in [1.82, 2.24) is 4.98 Å². The molecular weight excluding hydrogens is 318 g/mol. The number of benzene rings is 1. The van der Waals surface area contributed by atoms with E-state index in [2.05, 4.69) is 20.9 Å². The number of ether oxygens (including phenoxy) is 1. The van der Waals surface area contributed by atoms with Crippen LogP contribution in [0.3, 0.4) is 0 Å². The van der Waals surface area contributed by atoms with E-state index in [4.69, 9.17) is 9.84 Å². The number of carboxylic acid groups (broad SMARTS) is 1. The fourth-order valence-corrected chi connectivity index (χ4v) is 2.84. The van der Waals surface area contributed by atoms with Crippen molar-refractivity contribution in [2.24, 2.45) is 0 Å². The summed E-state index contributed by atoms with van der Waals surface area (Å²) in [5.74, 6) is -0.340. The smallest absolute Gasteiger partial charge is 0.355 e. The first-order valence-corrected chi connectivity index (χ1v) is 6.68. The van der Waals surface area contributed by atoms with Gasteiger partial charge in [-0.2, -0.15) is 0 Å². The third-order valence-corrected chi connectivity index (χ3v) is 3.89. The van der Waals surface area contributed by atoms with E-state index >= 15 is 0 Å². The minimum atomic E-state index is -1.01. The van der Waals surface area contributed by atoms with Crippen LogP contribution < -0.4 is 4.74 Å². The number of rotatable bonds is 3. The van der Waals surface area contributed by atoms with Gasteiger partial charge in [0.1, 0.15) is 10.8 Å². The topological polar surface area (TPSA) is 59.4 Å². The summed E-state index contributed by atoms with van der Waals surface area (Å²) in [5, 5.41) is 9.65. The fraction of sp³-hybridized carbons (Fsp3) is 0.167. The second-order valence-corrected chi connectivity index (χ2v) is 5.69. The molecule has 0 bridgehead atoms. The Labute approximate surface area is 116 Å². The molecule has 0 aliphatic rings. The molecule has 1 aromatic heterocycles. The Balaban J connectivity index is 2.58. The van der Waals surface area contributed by atoms with E-state index in [9.17, 15) is 4.79 Å². The first-order chi connectivity index (χ1) is 8.52. The van der Waals surface area contributed by atoms with E-state index in [1.165, 1.54) is 11.3 Å². The molecule has 0 amide bonds. The maximum atomic E-state index is 11.0. The van der Waals surface area contributed by atoms with Gasteiger partial charge >= 0.3 is 5.97 Å². The number of aromatic carboxylic acids is 1. The average molecular weight is 328 g/mol. The summed E-state index contributed by atoms with van der Waals surface area (Å²) < 4.78 is 6.15. The number of carbonyl (C=O) groups is 1. The monoisotopic (exact) mass is 327 g/mol. The maximum absolute atomic E-state index is 11.0. The lowest BCUT2D eigenvalue weighted by Crippen LogP contribution is -1.98. The summed E-state index contributed by atoms with van der Waals surface area (Å²) in [6.07, 6.45) is 0. The van der Waals surface area contributed by atoms with Crippen LogP contribution in [0.15, 0.2) is 22.7 Å². The van der Waals surface area contributed by atoms with E-state index < -0.39 is 5.97 Å². The third-order valence-electron chi connectivity index (χ3n) is 2.39. The van der Waals surface area contributed by atoms with Crippen LogP contribution in [0.4, 0.5) is 0 Å². The first kappa shape index (κ1) is 13.0. The molecule has 94 valence electrons. The maximum Gasteiger partial charge on any atom is 0.355 e. The molecule has 0 radical (unpaired) electrons. The Kier molecular flexibility index (Phi) is 3.68. The molecule has 0 saturated carbocycles. The molecule has 0 aliphatic carbocycles. The number of hydrogen-bond acceptors (Lipinski definition) is 4. The van der Waals surface area contributed by atoms with Gasteiger partial charge in [-0.25, -0.2) is 9.78 Å². The summed E-state index contributed by atoms with van der Waals surface area (Å²) in [4.78, 5) is 15.8. The van der Waals surface area contributed by atoms with Crippen molar-refractivity contribution in [3.8, 4) is 16.3 Å². The third kappa shape index (κ3) is 2.39. The number of thiazole rings is 1. The highest BCUT2D eigenvalue weighted by Gasteiger charge is 2.17. The van der Waals surface area contributed by atoms with Crippen LogP contribution >= 0.6 is 27.3 Å². The average Bonchev–Trinajstić information content (AvgIpc) is 2.71. The zero-order valence-electron chi connectivity index (χ0n) is 9.73. The Morgan fingerprint density at radius 1 is 1.50 bits per heavy atom. The van der Waals surface area contributed by atoms with Crippen LogP contribution in [0.5, 0.6) is 5.75 Å². The normalized spacial score (nSPS) is 10.4. The van der Waals surface area contributed by atoms with Gasteiger partial charge < -0.3 is 9.84 Å². The quantitative estimate of drug-likeness (QED) is 0.935. The number of halogens is 1. The van der Waals surface area contributed by atoms with Gasteiger partial charge in [-0.1, -0.05) is 15.9 Å². The minimum Gasteiger partial charge on any atom is -0.496 e. The van der Waals surface area contributed by atoms with E-state index in [0.717, 1.165) is 10.0 Å². The van der Waals surface area contributed by atoms with E-state index in [-0.39, 0.29) is 5.69 Å². The molecular formula is C12H10BrNO3S. The molecule has 0 atom stereocenters. The van der Waals surface area contributed by atoms with E-state index in [1.807, 2.05) is 18.2 Å². The number of aryl methyl sites for hydroxylation is 1. The summed E-state index contributed by atoms with van der Waals surface area (Å²) in [6.45, 7) is 1.75. The zero-order valence-corrected chi connectivity index (χ0v) is 12.1. The van der Waals surface area contributed by atoms with Crippen molar-refractivity contribution in [3.05, 3.63) is 33.2 Å². The van der Waals surface area contributed by atoms with Crippen molar-refractivity contribution in [2.75, 3.05) is 7.11 Å². The molecule has 0 aliphatic heterocycles. The van der Waals surface area contributed by atoms with Crippen molar-refractivity contribution in [1.29, 1.82) is 0 Å². The number of carboxylic acids is 1. The predicted octanol–water partition coefficient (Wildman–Crippen LogP) is 3.59. The summed E-state index contributed by atoms with van der Waals surface area (Å²) in [7, 11) is 1.57. The molecule has 2 rings (SSSR count). The number of methoxy groups -OCH3 is 1. The molecule has 1 heterocycles. The SMILES string of the molecule is COc1ccc(Br)cc1-c1nc(C(=O)O)c(C)s1. The summed E-state index contributed by atoms with van der Waals surface area (Å²) in [6, 6.07) is 5.54. The Morgan fingerprint density at radius 2 is 2.22 bits per heavy atom. The fourth-order valence-electron chi connectivity index (χ4n) is 1.56. The number of nitrogens with zero attached hydrogens (tertiary/aromatic N) is 1. The van der Waals surface area contributed by atoms with Gasteiger partial charge in [-0.15, -0.1) is 11.3 Å². The molecule has 0 fully saturated rings. The van der Waals surface area contributed by atoms with Crippen LogP contribution in [0, 0.1) is 6.92 Å². The number of hydrogen-bond donors (Lipinski definition) is 1. The van der Waals surface area contributed by atoms with Gasteiger partial charge in [0, 0.05) is 9.35 Å². The second kappa shape index (κ2) is 5.07. The minimum absolute atomic E-state index is 0.0945. The zero-order chi connectivity index (χ0) is 13.3. The van der Waals surface area contributed by atoms with Crippen LogP contribution in [-0.4, -0.2) is 23.2 Å². The molecule has 1 aromatic carbocycles. The first-order valence-electron chi connectivity index (χ1n) is 5.07. The molecule has 4 nitrogen and oxygen atoms in total. The lowest BCUT2D eigenvalue weighted by atomic mass is 10.2. The van der Waals surface area contributed by atoms with Crippen molar-refractivity contribution >= 4 is 33.2 Å². The number of aromatic nitrogens is 1. The summed E-state index contributed by atoms with van der Waals surface area (Å²) >= 11 is 4.72. The molecule has 0 spiro atoms. The molecule has 6 heteroatoms. The molecule has 0 unspecified atom stereocenters. The Hall–Kier alpha value is -1.40. The van der Waals surface area contributed by atoms with Crippen molar-refractivity contribution in [3.63, 3.8) is 0 Å². The lowest BCUT2D eigenvalue weighted by molar-refractivity contribution is 0.0690. The lowest BCUT2D eigenvalue weighted by Gasteiger charge is -2.05. The van der Waals surface area contributed by atoms with Gasteiger partial charge in [0.05, 0.1) is 12.7 Å². The van der Waals surface area contributed by atoms with Crippen molar-refractivity contribution in [2.45, 2.75) is 6.92 Å². The second-order valence-electron chi connectivity index (χ2n) is 3.57. The van der Waals surface area contributed by atoms with Gasteiger partial charge in [0.15, 0.2) is 5.69 Å². The molecule has 1 N–H and O–H groups in total. The highest BCUT2D eigenvalue weighted by atomic mass is 79.9. The van der Waals surface area contributed by atoms with Crippen molar-refractivity contribution < 1.29 is 14.6 Å². The van der Waals surface area contributed by atoms with Gasteiger partial charge in [-0.3, -0.25) is 0 Å². The van der Waals surface area contributed by atoms with Gasteiger partial charge in [-0.05, 0) is 25.1 Å². The van der Waals surface area contributed by atoms with Gasteiger partial charge in [0.2, 0.25) is 0 Å². The summed E-state index contributed by atoms with van der Waals surface area (Å²) in [5.41, 5.74) is 0.879. The molecule has 2 aromatic rings. The predicted molar refractivity (Wildman–Crippen MR) is 73.5 cm³/mol.